The van der Waals surface area contributed by atoms with Gasteiger partial charge in [0.2, 0.25) is 0 Å². The molecular weight excluding hydrogens is 266 g/mol. The Kier molecular flexibility index (Phi) is 3.57. The van der Waals surface area contributed by atoms with Crippen molar-refractivity contribution < 1.29 is 9.90 Å². The lowest BCUT2D eigenvalue weighted by molar-refractivity contribution is 0.0696. The van der Waals surface area contributed by atoms with Gasteiger partial charge in [0.15, 0.2) is 5.82 Å². The standard InChI is InChI=1S/C13H14ClN3O2/c1-4-9-7(2)16-17(8(9)3)12-10(13(18)19)5-6-11(14)15-12/h5-6H,4H2,1-3H3,(H,18,19). The van der Waals surface area contributed by atoms with E-state index in [1.165, 1.54) is 12.1 Å². The van der Waals surface area contributed by atoms with Crippen LogP contribution in [0.1, 0.15) is 34.2 Å². The lowest BCUT2D eigenvalue weighted by Gasteiger charge is -2.08. The fourth-order valence-electron chi connectivity index (χ4n) is 2.15. The molecule has 2 heterocycles. The first-order valence-electron chi connectivity index (χ1n) is 5.91. The number of pyridine rings is 1. The second-order valence-corrected chi connectivity index (χ2v) is 4.61. The fourth-order valence-corrected chi connectivity index (χ4v) is 2.29. The van der Waals surface area contributed by atoms with E-state index >= 15 is 0 Å². The van der Waals surface area contributed by atoms with E-state index in [9.17, 15) is 9.90 Å². The van der Waals surface area contributed by atoms with Crippen molar-refractivity contribution in [2.24, 2.45) is 0 Å². The summed E-state index contributed by atoms with van der Waals surface area (Å²) in [5.74, 6) is -0.801. The molecule has 19 heavy (non-hydrogen) atoms. The first-order chi connectivity index (χ1) is 8.95. The third-order valence-electron chi connectivity index (χ3n) is 3.07. The van der Waals surface area contributed by atoms with E-state index in [2.05, 4.69) is 10.1 Å². The molecule has 2 aromatic heterocycles. The molecule has 0 saturated carbocycles. The molecule has 0 radical (unpaired) electrons. The van der Waals surface area contributed by atoms with Crippen LogP contribution in [0.2, 0.25) is 5.15 Å². The summed E-state index contributed by atoms with van der Waals surface area (Å²) in [6.07, 6.45) is 0.834. The molecule has 0 aliphatic carbocycles. The zero-order valence-electron chi connectivity index (χ0n) is 10.9. The molecule has 0 atom stereocenters. The Labute approximate surface area is 115 Å². The highest BCUT2D eigenvalue weighted by atomic mass is 35.5. The summed E-state index contributed by atoms with van der Waals surface area (Å²) < 4.78 is 1.55. The van der Waals surface area contributed by atoms with Crippen molar-refractivity contribution in [1.29, 1.82) is 0 Å². The van der Waals surface area contributed by atoms with Crippen LogP contribution in [0.5, 0.6) is 0 Å². The molecule has 0 saturated heterocycles. The van der Waals surface area contributed by atoms with Gasteiger partial charge in [-0.1, -0.05) is 18.5 Å². The normalized spacial score (nSPS) is 10.7. The number of hydrogen-bond acceptors (Lipinski definition) is 3. The molecule has 1 N–H and O–H groups in total. The molecule has 0 fully saturated rings. The van der Waals surface area contributed by atoms with Gasteiger partial charge in [0.1, 0.15) is 10.7 Å². The number of carboxylic acid groups (broad SMARTS) is 1. The quantitative estimate of drug-likeness (QED) is 0.877. The Morgan fingerprint density at radius 1 is 1.42 bits per heavy atom. The number of aromatic carboxylic acids is 1. The van der Waals surface area contributed by atoms with E-state index in [1.807, 2.05) is 20.8 Å². The van der Waals surface area contributed by atoms with Crippen LogP contribution in [-0.4, -0.2) is 25.8 Å². The third-order valence-corrected chi connectivity index (χ3v) is 3.28. The Morgan fingerprint density at radius 2 is 2.11 bits per heavy atom. The van der Waals surface area contributed by atoms with Crippen molar-refractivity contribution in [3.8, 4) is 5.82 Å². The van der Waals surface area contributed by atoms with E-state index in [1.54, 1.807) is 4.68 Å². The van der Waals surface area contributed by atoms with Gasteiger partial charge in [0.05, 0.1) is 5.69 Å². The molecule has 2 aromatic rings. The number of halogens is 1. The first kappa shape index (κ1) is 13.5. The maximum Gasteiger partial charge on any atom is 0.339 e. The van der Waals surface area contributed by atoms with Crippen LogP contribution in [-0.2, 0) is 6.42 Å². The Bertz CT molecular complexity index is 650. The van der Waals surface area contributed by atoms with Gasteiger partial charge >= 0.3 is 5.97 Å². The molecule has 0 aromatic carbocycles. The number of hydrogen-bond donors (Lipinski definition) is 1. The van der Waals surface area contributed by atoms with Gasteiger partial charge in [-0.2, -0.15) is 5.10 Å². The number of aryl methyl sites for hydroxylation is 1. The van der Waals surface area contributed by atoms with E-state index in [0.717, 1.165) is 23.4 Å². The van der Waals surface area contributed by atoms with E-state index in [-0.39, 0.29) is 16.5 Å². The maximum absolute atomic E-state index is 11.3. The number of nitrogens with zero attached hydrogens (tertiary/aromatic N) is 3. The highest BCUT2D eigenvalue weighted by molar-refractivity contribution is 6.29. The van der Waals surface area contributed by atoms with Gasteiger partial charge < -0.3 is 5.11 Å². The molecular formula is C13H14ClN3O2. The van der Waals surface area contributed by atoms with E-state index in [0.29, 0.717) is 0 Å². The monoisotopic (exact) mass is 279 g/mol. The highest BCUT2D eigenvalue weighted by Gasteiger charge is 2.18. The lowest BCUT2D eigenvalue weighted by Crippen LogP contribution is -2.10. The van der Waals surface area contributed by atoms with Gasteiger partial charge in [0, 0.05) is 5.69 Å². The van der Waals surface area contributed by atoms with Gasteiger partial charge in [0.25, 0.3) is 0 Å². The number of carboxylic acids is 1. The zero-order chi connectivity index (χ0) is 14.2. The first-order valence-corrected chi connectivity index (χ1v) is 6.28. The predicted octanol–water partition coefficient (Wildman–Crippen LogP) is 2.80. The zero-order valence-corrected chi connectivity index (χ0v) is 11.7. The van der Waals surface area contributed by atoms with Crippen LogP contribution in [0.3, 0.4) is 0 Å². The average Bonchev–Trinajstić information content (AvgIpc) is 2.63. The average molecular weight is 280 g/mol. The molecule has 5 nitrogen and oxygen atoms in total. The summed E-state index contributed by atoms with van der Waals surface area (Å²) in [7, 11) is 0. The van der Waals surface area contributed by atoms with E-state index in [4.69, 9.17) is 11.6 Å². The number of carbonyl (C=O) groups is 1. The second-order valence-electron chi connectivity index (χ2n) is 4.23. The molecule has 0 bridgehead atoms. The van der Waals surface area contributed by atoms with Crippen molar-refractivity contribution in [2.75, 3.05) is 0 Å². The van der Waals surface area contributed by atoms with Gasteiger partial charge in [-0.3, -0.25) is 0 Å². The highest BCUT2D eigenvalue weighted by Crippen LogP contribution is 2.21. The van der Waals surface area contributed by atoms with Crippen LogP contribution in [0.25, 0.3) is 5.82 Å². The molecule has 0 amide bonds. The number of aromatic nitrogens is 3. The van der Waals surface area contributed by atoms with Gasteiger partial charge in [-0.05, 0) is 38.0 Å². The minimum atomic E-state index is -1.05. The Morgan fingerprint density at radius 3 is 2.63 bits per heavy atom. The summed E-state index contributed by atoms with van der Waals surface area (Å²) in [6, 6.07) is 2.90. The van der Waals surface area contributed by atoms with Gasteiger partial charge in [-0.15, -0.1) is 0 Å². The summed E-state index contributed by atoms with van der Waals surface area (Å²) in [5, 5.41) is 13.8. The fraction of sp³-hybridized carbons (Fsp3) is 0.308. The van der Waals surface area contributed by atoms with Crippen LogP contribution >= 0.6 is 11.6 Å². The van der Waals surface area contributed by atoms with Crippen molar-refractivity contribution in [1.82, 2.24) is 14.8 Å². The summed E-state index contributed by atoms with van der Waals surface area (Å²) >= 11 is 5.86. The molecule has 0 aliphatic heterocycles. The predicted molar refractivity (Wildman–Crippen MR) is 72.2 cm³/mol. The van der Waals surface area contributed by atoms with E-state index < -0.39 is 5.97 Å². The van der Waals surface area contributed by atoms with Gasteiger partial charge in [-0.25, -0.2) is 14.5 Å². The minimum Gasteiger partial charge on any atom is -0.478 e. The van der Waals surface area contributed by atoms with Crippen molar-refractivity contribution >= 4 is 17.6 Å². The van der Waals surface area contributed by atoms with Crippen LogP contribution in [0.15, 0.2) is 12.1 Å². The van der Waals surface area contributed by atoms with Crippen molar-refractivity contribution in [3.05, 3.63) is 39.8 Å². The topological polar surface area (TPSA) is 68.0 Å². The molecule has 0 spiro atoms. The molecule has 0 unspecified atom stereocenters. The van der Waals surface area contributed by atoms with Crippen LogP contribution in [0, 0.1) is 13.8 Å². The molecule has 6 heteroatoms. The molecule has 0 aliphatic rings. The smallest absolute Gasteiger partial charge is 0.339 e. The minimum absolute atomic E-state index is 0.0812. The second kappa shape index (κ2) is 5.01. The summed E-state index contributed by atoms with van der Waals surface area (Å²) in [4.78, 5) is 15.4. The SMILES string of the molecule is CCc1c(C)nn(-c2nc(Cl)ccc2C(=O)O)c1C. The Balaban J connectivity index is 2.71. The van der Waals surface area contributed by atoms with Crippen molar-refractivity contribution in [3.63, 3.8) is 0 Å². The third kappa shape index (κ3) is 2.33. The molecule has 2 rings (SSSR count). The Hall–Kier alpha value is -1.88. The lowest BCUT2D eigenvalue weighted by atomic mass is 10.1. The summed E-state index contributed by atoms with van der Waals surface area (Å²) in [5.41, 5.74) is 2.94. The number of rotatable bonds is 3. The summed E-state index contributed by atoms with van der Waals surface area (Å²) in [6.45, 7) is 5.82. The molecule has 100 valence electrons. The van der Waals surface area contributed by atoms with Crippen LogP contribution < -0.4 is 0 Å². The van der Waals surface area contributed by atoms with Crippen molar-refractivity contribution in [2.45, 2.75) is 27.2 Å². The van der Waals surface area contributed by atoms with Crippen LogP contribution in [0.4, 0.5) is 0 Å². The largest absolute Gasteiger partial charge is 0.478 e. The maximum atomic E-state index is 11.3.